The summed E-state index contributed by atoms with van der Waals surface area (Å²) in [6, 6.07) is 2.22. The third kappa shape index (κ3) is 2.99. The molecule has 0 aromatic heterocycles. The molecule has 1 aromatic carbocycles. The van der Waals surface area contributed by atoms with Crippen molar-refractivity contribution in [2.45, 2.75) is 30.7 Å². The summed E-state index contributed by atoms with van der Waals surface area (Å²) >= 11 is 0. The largest absolute Gasteiger partial charge is 0.316 e. The minimum absolute atomic E-state index is 0.278. The van der Waals surface area contributed by atoms with E-state index >= 15 is 0 Å². The van der Waals surface area contributed by atoms with Gasteiger partial charge in [-0.2, -0.15) is 4.31 Å². The maximum Gasteiger partial charge on any atom is 0.246 e. The Morgan fingerprint density at radius 3 is 2.45 bits per heavy atom. The second-order valence-electron chi connectivity index (χ2n) is 4.88. The SMILES string of the molecule is CNCc1cc(F)c(F)c(S(=O)(=O)N2CCCCC2)c1. The summed E-state index contributed by atoms with van der Waals surface area (Å²) in [6.07, 6.45) is 2.46. The Morgan fingerprint density at radius 2 is 1.85 bits per heavy atom. The zero-order valence-corrected chi connectivity index (χ0v) is 12.1. The van der Waals surface area contributed by atoms with Crippen molar-refractivity contribution >= 4 is 10.0 Å². The first-order valence-electron chi connectivity index (χ1n) is 6.59. The molecule has 1 fully saturated rings. The van der Waals surface area contributed by atoms with E-state index in [0.717, 1.165) is 25.3 Å². The molecule has 4 nitrogen and oxygen atoms in total. The molecule has 20 heavy (non-hydrogen) atoms. The van der Waals surface area contributed by atoms with Crippen molar-refractivity contribution in [1.29, 1.82) is 0 Å². The van der Waals surface area contributed by atoms with Crippen LogP contribution in [0.25, 0.3) is 0 Å². The lowest BCUT2D eigenvalue weighted by atomic mass is 10.2. The highest BCUT2D eigenvalue weighted by Gasteiger charge is 2.30. The van der Waals surface area contributed by atoms with Gasteiger partial charge in [0.25, 0.3) is 0 Å². The van der Waals surface area contributed by atoms with Gasteiger partial charge in [0.2, 0.25) is 10.0 Å². The molecule has 0 atom stereocenters. The molecule has 1 aliphatic heterocycles. The molecule has 1 heterocycles. The van der Waals surface area contributed by atoms with Crippen molar-refractivity contribution in [3.63, 3.8) is 0 Å². The number of piperidine rings is 1. The fourth-order valence-corrected chi connectivity index (χ4v) is 4.00. The average Bonchev–Trinajstić information content (AvgIpc) is 2.43. The summed E-state index contributed by atoms with van der Waals surface area (Å²) in [7, 11) is -2.31. The van der Waals surface area contributed by atoms with Crippen molar-refractivity contribution in [3.8, 4) is 0 Å². The molecule has 0 amide bonds. The highest BCUT2D eigenvalue weighted by atomic mass is 32.2. The van der Waals surface area contributed by atoms with Crippen LogP contribution in [-0.2, 0) is 16.6 Å². The molecule has 7 heteroatoms. The van der Waals surface area contributed by atoms with Crippen LogP contribution in [0, 0.1) is 11.6 Å². The summed E-state index contributed by atoms with van der Waals surface area (Å²) in [5, 5.41) is 2.79. The zero-order chi connectivity index (χ0) is 14.8. The topological polar surface area (TPSA) is 49.4 Å². The minimum atomic E-state index is -3.97. The number of hydrogen-bond acceptors (Lipinski definition) is 3. The van der Waals surface area contributed by atoms with Crippen LogP contribution in [-0.4, -0.2) is 32.9 Å². The number of hydrogen-bond donors (Lipinski definition) is 1. The van der Waals surface area contributed by atoms with Crippen molar-refractivity contribution in [2.24, 2.45) is 0 Å². The Hall–Kier alpha value is -1.05. The number of benzene rings is 1. The third-order valence-corrected chi connectivity index (χ3v) is 5.27. The summed E-state index contributed by atoms with van der Waals surface area (Å²) in [5.74, 6) is -2.43. The van der Waals surface area contributed by atoms with E-state index in [1.807, 2.05) is 0 Å². The predicted octanol–water partition coefficient (Wildman–Crippen LogP) is 1.86. The number of sulfonamides is 1. The third-order valence-electron chi connectivity index (χ3n) is 3.37. The van der Waals surface area contributed by atoms with Crippen molar-refractivity contribution in [2.75, 3.05) is 20.1 Å². The first-order valence-corrected chi connectivity index (χ1v) is 8.03. The number of nitrogens with zero attached hydrogens (tertiary/aromatic N) is 1. The maximum atomic E-state index is 13.9. The van der Waals surface area contributed by atoms with Gasteiger partial charge >= 0.3 is 0 Å². The Bertz CT molecular complexity index is 584. The lowest BCUT2D eigenvalue weighted by Crippen LogP contribution is -2.36. The molecular weight excluding hydrogens is 286 g/mol. The summed E-state index contributed by atoms with van der Waals surface area (Å²) in [4.78, 5) is -0.565. The van der Waals surface area contributed by atoms with Crippen LogP contribution in [0.1, 0.15) is 24.8 Å². The van der Waals surface area contributed by atoms with E-state index in [2.05, 4.69) is 5.32 Å². The molecule has 1 saturated heterocycles. The molecule has 112 valence electrons. The molecule has 0 saturated carbocycles. The Morgan fingerprint density at radius 1 is 1.20 bits per heavy atom. The van der Waals surface area contributed by atoms with Gasteiger partial charge in [-0.05, 0) is 37.6 Å². The van der Waals surface area contributed by atoms with Crippen LogP contribution >= 0.6 is 0 Å². The Balaban J connectivity index is 2.44. The van der Waals surface area contributed by atoms with Gasteiger partial charge in [-0.25, -0.2) is 17.2 Å². The van der Waals surface area contributed by atoms with E-state index in [0.29, 0.717) is 18.7 Å². The summed E-state index contributed by atoms with van der Waals surface area (Å²) in [5.41, 5.74) is 0.405. The molecule has 2 rings (SSSR count). The van der Waals surface area contributed by atoms with Crippen molar-refractivity contribution in [3.05, 3.63) is 29.3 Å². The van der Waals surface area contributed by atoms with Crippen molar-refractivity contribution in [1.82, 2.24) is 9.62 Å². The fourth-order valence-electron chi connectivity index (χ4n) is 2.36. The van der Waals surface area contributed by atoms with Gasteiger partial charge in [0.15, 0.2) is 11.6 Å². The lowest BCUT2D eigenvalue weighted by molar-refractivity contribution is 0.344. The normalized spacial score (nSPS) is 17.4. The second kappa shape index (κ2) is 6.15. The van der Waals surface area contributed by atoms with Crippen molar-refractivity contribution < 1.29 is 17.2 Å². The summed E-state index contributed by atoms with van der Waals surface area (Å²) in [6.45, 7) is 0.999. The quantitative estimate of drug-likeness (QED) is 0.924. The smallest absolute Gasteiger partial charge is 0.246 e. The van der Waals surface area contributed by atoms with Gasteiger partial charge in [0.1, 0.15) is 4.90 Å². The number of nitrogens with one attached hydrogen (secondary N) is 1. The lowest BCUT2D eigenvalue weighted by Gasteiger charge is -2.26. The van der Waals surface area contributed by atoms with E-state index in [-0.39, 0.29) is 6.54 Å². The van der Waals surface area contributed by atoms with Crippen LogP contribution in [0.5, 0.6) is 0 Å². The maximum absolute atomic E-state index is 13.9. The van der Waals surface area contributed by atoms with Gasteiger partial charge in [-0.15, -0.1) is 0 Å². The van der Waals surface area contributed by atoms with Gasteiger partial charge in [0.05, 0.1) is 0 Å². The molecule has 0 aliphatic carbocycles. The predicted molar refractivity (Wildman–Crippen MR) is 71.7 cm³/mol. The first-order chi connectivity index (χ1) is 9.46. The van der Waals surface area contributed by atoms with Crippen LogP contribution in [0.3, 0.4) is 0 Å². The highest BCUT2D eigenvalue weighted by Crippen LogP contribution is 2.25. The fraction of sp³-hybridized carbons (Fsp3) is 0.538. The van der Waals surface area contributed by atoms with Gasteiger partial charge in [-0.3, -0.25) is 0 Å². The van der Waals surface area contributed by atoms with E-state index in [4.69, 9.17) is 0 Å². The Labute approximate surface area is 117 Å². The molecule has 0 unspecified atom stereocenters. The van der Waals surface area contributed by atoms with E-state index < -0.39 is 26.6 Å². The number of rotatable bonds is 4. The standard InChI is InChI=1S/C13H18F2N2O2S/c1-16-9-10-7-11(14)13(15)12(8-10)20(18,19)17-5-3-2-4-6-17/h7-8,16H,2-6,9H2,1H3. The minimum Gasteiger partial charge on any atom is -0.316 e. The van der Waals surface area contributed by atoms with Crippen LogP contribution in [0.2, 0.25) is 0 Å². The molecular formula is C13H18F2N2O2S. The second-order valence-corrected chi connectivity index (χ2v) is 6.79. The van der Waals surface area contributed by atoms with E-state index in [9.17, 15) is 17.2 Å². The van der Waals surface area contributed by atoms with E-state index in [1.54, 1.807) is 7.05 Å². The molecule has 0 spiro atoms. The molecule has 0 radical (unpaired) electrons. The van der Waals surface area contributed by atoms with Gasteiger partial charge in [0, 0.05) is 19.6 Å². The average molecular weight is 304 g/mol. The highest BCUT2D eigenvalue weighted by molar-refractivity contribution is 7.89. The number of halogens is 2. The van der Waals surface area contributed by atoms with E-state index in [1.165, 1.54) is 10.4 Å². The molecule has 1 N–H and O–H groups in total. The van der Waals surface area contributed by atoms with Crippen LogP contribution in [0.4, 0.5) is 8.78 Å². The van der Waals surface area contributed by atoms with Crippen LogP contribution in [0.15, 0.2) is 17.0 Å². The summed E-state index contributed by atoms with van der Waals surface area (Å²) < 4.78 is 53.5. The molecule has 1 aliphatic rings. The molecule has 0 bridgehead atoms. The van der Waals surface area contributed by atoms with Gasteiger partial charge in [-0.1, -0.05) is 6.42 Å². The molecule has 1 aromatic rings. The first kappa shape index (κ1) is 15.3. The zero-order valence-electron chi connectivity index (χ0n) is 11.3. The Kier molecular flexibility index (Phi) is 4.72. The monoisotopic (exact) mass is 304 g/mol. The van der Waals surface area contributed by atoms with Crippen LogP contribution < -0.4 is 5.32 Å². The van der Waals surface area contributed by atoms with Gasteiger partial charge < -0.3 is 5.32 Å².